The molecule has 0 saturated carbocycles. The van der Waals surface area contributed by atoms with Crippen LogP contribution in [0, 0.1) is 10.1 Å². The number of quaternary nitrogens is 2. The number of hydrogen-bond acceptors (Lipinski definition) is 4. The second-order valence-corrected chi connectivity index (χ2v) is 9.53. The first-order valence-corrected chi connectivity index (χ1v) is 11.3. The van der Waals surface area contributed by atoms with Gasteiger partial charge in [-0.3, -0.25) is 10.1 Å². The Balaban J connectivity index is 1.56. The Morgan fingerprint density at radius 3 is 2.22 bits per heavy atom. The SMILES string of the molecule is CCC[NH+]1CCC([NH+]2CCN(S(=O)(=O)c3ccc([N+](=O)[O-])cc3)CC2)CC1. The fraction of sp³-hybridized carbons (Fsp3) is 0.667. The molecule has 2 fully saturated rings. The van der Waals surface area contributed by atoms with E-state index in [1.54, 1.807) is 4.90 Å². The van der Waals surface area contributed by atoms with Gasteiger partial charge in [-0.15, -0.1) is 0 Å². The summed E-state index contributed by atoms with van der Waals surface area (Å²) in [5.74, 6) is 0. The van der Waals surface area contributed by atoms with Crippen molar-refractivity contribution in [1.29, 1.82) is 0 Å². The van der Waals surface area contributed by atoms with Gasteiger partial charge in [0.15, 0.2) is 0 Å². The zero-order chi connectivity index (χ0) is 19.4. The lowest BCUT2D eigenvalue weighted by Crippen LogP contribution is -3.22. The number of nitrogens with zero attached hydrogens (tertiary/aromatic N) is 2. The lowest BCUT2D eigenvalue weighted by molar-refractivity contribution is -0.959. The molecule has 1 aromatic rings. The highest BCUT2D eigenvalue weighted by molar-refractivity contribution is 7.89. The molecule has 3 rings (SSSR count). The van der Waals surface area contributed by atoms with Crippen LogP contribution in [0.4, 0.5) is 5.69 Å². The smallest absolute Gasteiger partial charge is 0.269 e. The van der Waals surface area contributed by atoms with E-state index >= 15 is 0 Å². The van der Waals surface area contributed by atoms with Crippen LogP contribution >= 0.6 is 0 Å². The Labute approximate surface area is 160 Å². The Kier molecular flexibility index (Phi) is 6.46. The summed E-state index contributed by atoms with van der Waals surface area (Å²) >= 11 is 0. The summed E-state index contributed by atoms with van der Waals surface area (Å²) in [4.78, 5) is 13.6. The number of piperidine rings is 1. The second-order valence-electron chi connectivity index (χ2n) is 7.59. The molecular weight excluding hydrogens is 368 g/mol. The highest BCUT2D eigenvalue weighted by Gasteiger charge is 2.35. The number of likely N-dealkylation sites (tertiary alicyclic amines) is 1. The fourth-order valence-electron chi connectivity index (χ4n) is 4.35. The van der Waals surface area contributed by atoms with Crippen LogP contribution in [0.3, 0.4) is 0 Å². The van der Waals surface area contributed by atoms with Crippen molar-refractivity contribution in [2.75, 3.05) is 45.8 Å². The van der Waals surface area contributed by atoms with Crippen LogP contribution in [0.25, 0.3) is 0 Å². The molecule has 8 nitrogen and oxygen atoms in total. The molecular formula is C18H30N4O4S+2. The second kappa shape index (κ2) is 8.64. The van der Waals surface area contributed by atoms with Gasteiger partial charge in [-0.05, 0) is 18.6 Å². The van der Waals surface area contributed by atoms with Crippen LogP contribution in [-0.4, -0.2) is 69.5 Å². The van der Waals surface area contributed by atoms with Crippen molar-refractivity contribution >= 4 is 15.7 Å². The molecule has 150 valence electrons. The molecule has 27 heavy (non-hydrogen) atoms. The van der Waals surface area contributed by atoms with Gasteiger partial charge in [0.05, 0.1) is 61.7 Å². The molecule has 2 aliphatic rings. The van der Waals surface area contributed by atoms with Gasteiger partial charge in [0, 0.05) is 25.0 Å². The maximum absolute atomic E-state index is 12.8. The Bertz CT molecular complexity index is 737. The topological polar surface area (TPSA) is 89.4 Å². The zero-order valence-electron chi connectivity index (χ0n) is 15.9. The average molecular weight is 399 g/mol. The van der Waals surface area contributed by atoms with Gasteiger partial charge in [0.2, 0.25) is 10.0 Å². The third kappa shape index (κ3) is 4.66. The standard InChI is InChI=1S/C18H28N4O4S/c1-2-9-19-10-7-16(8-11-19)20-12-14-21(15-13-20)27(25,26)18-5-3-17(4-6-18)22(23)24/h3-6,16H,2,7-15H2,1H3/p+2. The maximum Gasteiger partial charge on any atom is 0.269 e. The van der Waals surface area contributed by atoms with E-state index in [0.717, 1.165) is 13.1 Å². The molecule has 2 aliphatic heterocycles. The summed E-state index contributed by atoms with van der Waals surface area (Å²) < 4.78 is 27.1. The van der Waals surface area contributed by atoms with Crippen molar-refractivity contribution in [3.63, 3.8) is 0 Å². The number of nitro benzene ring substituents is 1. The minimum absolute atomic E-state index is 0.0974. The van der Waals surface area contributed by atoms with E-state index < -0.39 is 14.9 Å². The van der Waals surface area contributed by atoms with Gasteiger partial charge in [0.1, 0.15) is 0 Å². The average Bonchev–Trinajstić information content (AvgIpc) is 2.69. The summed E-state index contributed by atoms with van der Waals surface area (Å²) in [5, 5.41) is 10.7. The van der Waals surface area contributed by atoms with Crippen LogP contribution in [0.1, 0.15) is 26.2 Å². The van der Waals surface area contributed by atoms with Crippen molar-refractivity contribution < 1.29 is 23.1 Å². The quantitative estimate of drug-likeness (QED) is 0.472. The minimum Gasteiger partial charge on any atom is -0.335 e. The number of non-ortho nitro benzene ring substituents is 1. The number of nitrogens with one attached hydrogen (secondary N) is 2. The lowest BCUT2D eigenvalue weighted by atomic mass is 10.0. The predicted octanol–water partition coefficient (Wildman–Crippen LogP) is -1.06. The molecule has 0 atom stereocenters. The van der Waals surface area contributed by atoms with Crippen molar-refractivity contribution in [3.8, 4) is 0 Å². The Hall–Kier alpha value is -1.55. The highest BCUT2D eigenvalue weighted by Crippen LogP contribution is 2.19. The molecule has 0 aromatic heterocycles. The van der Waals surface area contributed by atoms with Crippen molar-refractivity contribution in [2.45, 2.75) is 37.1 Å². The normalized spacial score (nSPS) is 25.4. The van der Waals surface area contributed by atoms with Crippen LogP contribution in [-0.2, 0) is 10.0 Å². The molecule has 0 spiro atoms. The van der Waals surface area contributed by atoms with Crippen molar-refractivity contribution in [2.24, 2.45) is 0 Å². The molecule has 0 amide bonds. The van der Waals surface area contributed by atoms with E-state index in [1.165, 1.54) is 72.4 Å². The summed E-state index contributed by atoms with van der Waals surface area (Å²) in [6.45, 7) is 8.63. The van der Waals surface area contributed by atoms with E-state index in [1.807, 2.05) is 0 Å². The van der Waals surface area contributed by atoms with Crippen LogP contribution in [0.15, 0.2) is 29.2 Å². The third-order valence-corrected chi connectivity index (χ3v) is 7.84. The highest BCUT2D eigenvalue weighted by atomic mass is 32.2. The zero-order valence-corrected chi connectivity index (χ0v) is 16.7. The summed E-state index contributed by atoms with van der Waals surface area (Å²) in [7, 11) is -3.58. The van der Waals surface area contributed by atoms with Gasteiger partial charge in [-0.25, -0.2) is 8.42 Å². The maximum atomic E-state index is 12.8. The van der Waals surface area contributed by atoms with Crippen molar-refractivity contribution in [1.82, 2.24) is 4.31 Å². The molecule has 2 heterocycles. The Morgan fingerprint density at radius 1 is 1.11 bits per heavy atom. The molecule has 1 aromatic carbocycles. The van der Waals surface area contributed by atoms with Gasteiger partial charge in [0.25, 0.3) is 5.69 Å². The van der Waals surface area contributed by atoms with Crippen LogP contribution in [0.2, 0.25) is 0 Å². The van der Waals surface area contributed by atoms with E-state index in [-0.39, 0.29) is 10.6 Å². The molecule has 0 radical (unpaired) electrons. The summed E-state index contributed by atoms with van der Waals surface area (Å²) in [6, 6.07) is 5.81. The van der Waals surface area contributed by atoms with E-state index in [9.17, 15) is 18.5 Å². The first-order valence-electron chi connectivity index (χ1n) is 9.84. The molecule has 9 heteroatoms. The number of piperazine rings is 1. The molecule has 0 bridgehead atoms. The number of nitro groups is 1. The third-order valence-electron chi connectivity index (χ3n) is 5.92. The minimum atomic E-state index is -3.58. The van der Waals surface area contributed by atoms with Gasteiger partial charge in [-0.2, -0.15) is 4.31 Å². The van der Waals surface area contributed by atoms with Gasteiger partial charge >= 0.3 is 0 Å². The largest absolute Gasteiger partial charge is 0.335 e. The van der Waals surface area contributed by atoms with Crippen LogP contribution in [0.5, 0.6) is 0 Å². The van der Waals surface area contributed by atoms with E-state index in [0.29, 0.717) is 19.1 Å². The van der Waals surface area contributed by atoms with E-state index in [2.05, 4.69) is 6.92 Å². The van der Waals surface area contributed by atoms with E-state index in [4.69, 9.17) is 0 Å². The molecule has 0 aliphatic carbocycles. The fourth-order valence-corrected chi connectivity index (χ4v) is 5.79. The Morgan fingerprint density at radius 2 is 1.70 bits per heavy atom. The first-order chi connectivity index (χ1) is 12.9. The number of benzene rings is 1. The first kappa shape index (κ1) is 20.2. The molecule has 2 saturated heterocycles. The summed E-state index contributed by atoms with van der Waals surface area (Å²) in [5.41, 5.74) is -0.0974. The van der Waals surface area contributed by atoms with Gasteiger partial charge in [-0.1, -0.05) is 6.92 Å². The van der Waals surface area contributed by atoms with Crippen molar-refractivity contribution in [3.05, 3.63) is 34.4 Å². The van der Waals surface area contributed by atoms with Crippen LogP contribution < -0.4 is 9.80 Å². The number of sulfonamides is 1. The number of hydrogen-bond donors (Lipinski definition) is 2. The predicted molar refractivity (Wildman–Crippen MR) is 101 cm³/mol. The molecule has 0 unspecified atom stereocenters. The monoisotopic (exact) mass is 398 g/mol. The van der Waals surface area contributed by atoms with Gasteiger partial charge < -0.3 is 9.80 Å². The molecule has 2 N–H and O–H groups in total. The lowest BCUT2D eigenvalue weighted by Gasteiger charge is -2.38. The summed E-state index contributed by atoms with van der Waals surface area (Å²) in [6.07, 6.45) is 3.67. The number of rotatable bonds is 6.